The highest BCUT2D eigenvalue weighted by atomic mass is 16.5. The average molecular weight is 276 g/mol. The van der Waals surface area contributed by atoms with E-state index in [1.54, 1.807) is 4.90 Å². The lowest BCUT2D eigenvalue weighted by Gasteiger charge is -2.29. The zero-order chi connectivity index (χ0) is 14.5. The molecule has 2 N–H and O–H groups in total. The Morgan fingerprint density at radius 1 is 1.50 bits per heavy atom. The fourth-order valence-electron chi connectivity index (χ4n) is 2.57. The molecule has 110 valence electrons. The number of nitrogens with zero attached hydrogens (tertiary/aromatic N) is 1. The van der Waals surface area contributed by atoms with Gasteiger partial charge in [0, 0.05) is 19.3 Å². The van der Waals surface area contributed by atoms with Crippen LogP contribution >= 0.6 is 0 Å². The van der Waals surface area contributed by atoms with Crippen LogP contribution in [0.15, 0.2) is 24.3 Å². The highest BCUT2D eigenvalue weighted by molar-refractivity contribution is 5.77. The van der Waals surface area contributed by atoms with Gasteiger partial charge in [-0.15, -0.1) is 0 Å². The van der Waals surface area contributed by atoms with Crippen LogP contribution < -0.4 is 5.73 Å². The molecule has 4 heteroatoms. The van der Waals surface area contributed by atoms with Crippen molar-refractivity contribution in [2.75, 3.05) is 19.4 Å². The van der Waals surface area contributed by atoms with Gasteiger partial charge < -0.3 is 15.4 Å². The predicted octanol–water partition coefficient (Wildman–Crippen LogP) is 2.75. The molecule has 0 spiro atoms. The number of hydrogen-bond acceptors (Lipinski definition) is 3. The Morgan fingerprint density at radius 3 is 2.95 bits per heavy atom. The molecule has 2 atom stereocenters. The molecule has 0 saturated carbocycles. The largest absolute Gasteiger partial charge is 0.399 e. The van der Waals surface area contributed by atoms with Crippen LogP contribution in [0.4, 0.5) is 5.69 Å². The van der Waals surface area contributed by atoms with Crippen LogP contribution in [0.1, 0.15) is 44.2 Å². The zero-order valence-electron chi connectivity index (χ0n) is 12.3. The minimum absolute atomic E-state index is 0.0228. The van der Waals surface area contributed by atoms with Gasteiger partial charge in [0.25, 0.3) is 0 Å². The summed E-state index contributed by atoms with van der Waals surface area (Å²) in [5.41, 5.74) is 7.59. The molecule has 0 radical (unpaired) electrons. The van der Waals surface area contributed by atoms with Gasteiger partial charge in [-0.1, -0.05) is 12.1 Å². The molecule has 20 heavy (non-hydrogen) atoms. The van der Waals surface area contributed by atoms with Crippen molar-refractivity contribution in [3.8, 4) is 0 Å². The van der Waals surface area contributed by atoms with Gasteiger partial charge in [0.15, 0.2) is 0 Å². The Labute approximate surface area is 120 Å². The normalized spacial score (nSPS) is 20.4. The molecule has 2 rings (SSSR count). The summed E-state index contributed by atoms with van der Waals surface area (Å²) in [5.74, 6) is 0.131. The van der Waals surface area contributed by atoms with Gasteiger partial charge >= 0.3 is 0 Å². The van der Waals surface area contributed by atoms with Gasteiger partial charge in [-0.25, -0.2) is 0 Å². The van der Waals surface area contributed by atoms with E-state index < -0.39 is 0 Å². The molecule has 1 fully saturated rings. The van der Waals surface area contributed by atoms with Crippen LogP contribution in [0.3, 0.4) is 0 Å². The maximum Gasteiger partial charge on any atom is 0.225 e. The van der Waals surface area contributed by atoms with E-state index in [4.69, 9.17) is 10.5 Å². The lowest BCUT2D eigenvalue weighted by Crippen LogP contribution is -2.34. The van der Waals surface area contributed by atoms with Crippen LogP contribution in [-0.4, -0.2) is 30.6 Å². The topological polar surface area (TPSA) is 55.6 Å². The van der Waals surface area contributed by atoms with Crippen molar-refractivity contribution >= 4 is 11.6 Å². The van der Waals surface area contributed by atoms with Crippen LogP contribution in [0, 0.1) is 0 Å². The lowest BCUT2D eigenvalue weighted by atomic mass is 10.0. The Morgan fingerprint density at radius 2 is 2.30 bits per heavy atom. The van der Waals surface area contributed by atoms with E-state index in [2.05, 4.69) is 0 Å². The number of anilines is 1. The fraction of sp³-hybridized carbons (Fsp3) is 0.562. The SMILES string of the molecule is CC(c1cccc(N)c1)N(C)C(=O)CC1CCCCO1. The summed E-state index contributed by atoms with van der Waals surface area (Å²) >= 11 is 0. The van der Waals surface area contributed by atoms with Gasteiger partial charge in [0.05, 0.1) is 18.6 Å². The molecular weight excluding hydrogens is 252 g/mol. The van der Waals surface area contributed by atoms with E-state index in [1.165, 1.54) is 0 Å². The zero-order valence-corrected chi connectivity index (χ0v) is 12.3. The molecule has 1 amide bonds. The first-order valence-electron chi connectivity index (χ1n) is 7.30. The molecule has 0 bridgehead atoms. The van der Waals surface area contributed by atoms with Gasteiger partial charge in [-0.2, -0.15) is 0 Å². The molecular formula is C16H24N2O2. The highest BCUT2D eigenvalue weighted by Crippen LogP contribution is 2.23. The third-order valence-corrected chi connectivity index (χ3v) is 4.04. The number of ether oxygens (including phenoxy) is 1. The van der Waals surface area contributed by atoms with Gasteiger partial charge in [-0.05, 0) is 43.9 Å². The van der Waals surface area contributed by atoms with Crippen molar-refractivity contribution in [3.05, 3.63) is 29.8 Å². The summed E-state index contributed by atoms with van der Waals surface area (Å²) in [6, 6.07) is 7.72. The summed E-state index contributed by atoms with van der Waals surface area (Å²) in [4.78, 5) is 14.1. The first-order valence-corrected chi connectivity index (χ1v) is 7.30. The maximum absolute atomic E-state index is 12.3. The van der Waals surface area contributed by atoms with E-state index >= 15 is 0 Å². The molecule has 4 nitrogen and oxygen atoms in total. The first-order chi connectivity index (χ1) is 9.58. The van der Waals surface area contributed by atoms with E-state index in [9.17, 15) is 4.79 Å². The Hall–Kier alpha value is -1.55. The first kappa shape index (κ1) is 14.9. The number of rotatable bonds is 4. The fourth-order valence-corrected chi connectivity index (χ4v) is 2.57. The van der Waals surface area contributed by atoms with Crippen molar-refractivity contribution in [3.63, 3.8) is 0 Å². The third kappa shape index (κ3) is 3.73. The number of carbonyl (C=O) groups is 1. The number of carbonyl (C=O) groups excluding carboxylic acids is 1. The van der Waals surface area contributed by atoms with Crippen molar-refractivity contribution in [2.24, 2.45) is 0 Å². The second kappa shape index (κ2) is 6.75. The van der Waals surface area contributed by atoms with Crippen LogP contribution in [0.25, 0.3) is 0 Å². The monoisotopic (exact) mass is 276 g/mol. The third-order valence-electron chi connectivity index (χ3n) is 4.04. The molecule has 1 aliphatic heterocycles. The molecule has 0 aliphatic carbocycles. The molecule has 1 heterocycles. The standard InChI is InChI=1S/C16H24N2O2/c1-12(13-6-5-7-14(17)10-13)18(2)16(19)11-15-8-3-4-9-20-15/h5-7,10,12,15H,3-4,8-9,11,17H2,1-2H3. The Balaban J connectivity index is 1.95. The van der Waals surface area contributed by atoms with E-state index in [0.717, 1.165) is 37.1 Å². The predicted molar refractivity (Wildman–Crippen MR) is 80.2 cm³/mol. The maximum atomic E-state index is 12.3. The number of benzene rings is 1. The molecule has 0 aromatic heterocycles. The van der Waals surface area contributed by atoms with Gasteiger partial charge in [0.2, 0.25) is 5.91 Å². The second-order valence-corrected chi connectivity index (χ2v) is 5.54. The Bertz CT molecular complexity index is 456. The van der Waals surface area contributed by atoms with Gasteiger partial charge in [-0.3, -0.25) is 4.79 Å². The van der Waals surface area contributed by atoms with E-state index in [-0.39, 0.29) is 18.1 Å². The van der Waals surface area contributed by atoms with Crippen molar-refractivity contribution in [2.45, 2.75) is 44.8 Å². The van der Waals surface area contributed by atoms with Crippen LogP contribution in [-0.2, 0) is 9.53 Å². The van der Waals surface area contributed by atoms with Crippen molar-refractivity contribution in [1.29, 1.82) is 0 Å². The van der Waals surface area contributed by atoms with Crippen LogP contribution in [0.2, 0.25) is 0 Å². The quantitative estimate of drug-likeness (QED) is 0.860. The smallest absolute Gasteiger partial charge is 0.225 e. The van der Waals surface area contributed by atoms with E-state index in [1.807, 2.05) is 38.2 Å². The second-order valence-electron chi connectivity index (χ2n) is 5.54. The molecule has 1 aromatic carbocycles. The van der Waals surface area contributed by atoms with Gasteiger partial charge in [0.1, 0.15) is 0 Å². The highest BCUT2D eigenvalue weighted by Gasteiger charge is 2.23. The Kier molecular flexibility index (Phi) is 5.01. The van der Waals surface area contributed by atoms with E-state index in [0.29, 0.717) is 6.42 Å². The lowest BCUT2D eigenvalue weighted by molar-refractivity contribution is -0.135. The number of hydrogen-bond donors (Lipinski definition) is 1. The summed E-state index contributed by atoms with van der Waals surface area (Å²) in [5, 5.41) is 0. The molecule has 1 aromatic rings. The minimum atomic E-state index is 0.0228. The molecule has 1 saturated heterocycles. The van der Waals surface area contributed by atoms with Crippen LogP contribution in [0.5, 0.6) is 0 Å². The number of nitrogen functional groups attached to an aromatic ring is 1. The summed E-state index contributed by atoms with van der Waals surface area (Å²) in [6.45, 7) is 2.81. The van der Waals surface area contributed by atoms with Crippen molar-refractivity contribution in [1.82, 2.24) is 4.90 Å². The molecule has 2 unspecified atom stereocenters. The average Bonchev–Trinajstić information content (AvgIpc) is 2.46. The number of amides is 1. The molecule has 1 aliphatic rings. The van der Waals surface area contributed by atoms with Crippen molar-refractivity contribution < 1.29 is 9.53 Å². The summed E-state index contributed by atoms with van der Waals surface area (Å²) in [6.07, 6.45) is 3.83. The summed E-state index contributed by atoms with van der Waals surface area (Å²) < 4.78 is 5.64. The summed E-state index contributed by atoms with van der Waals surface area (Å²) in [7, 11) is 1.85. The minimum Gasteiger partial charge on any atom is -0.399 e. The number of nitrogens with two attached hydrogens (primary N) is 1.